The van der Waals surface area contributed by atoms with Crippen LogP contribution in [0.4, 0.5) is 0 Å². The van der Waals surface area contributed by atoms with Gasteiger partial charge >= 0.3 is 11.9 Å². The van der Waals surface area contributed by atoms with Crippen molar-refractivity contribution in [2.45, 2.75) is 77.9 Å². The molecule has 0 radical (unpaired) electrons. The van der Waals surface area contributed by atoms with E-state index in [-0.39, 0.29) is 5.97 Å². The van der Waals surface area contributed by atoms with Gasteiger partial charge in [-0.15, -0.1) is 0 Å². The third kappa shape index (κ3) is 10.0. The first-order valence-electron chi connectivity index (χ1n) is 9.66. The molecular weight excluding hydrogens is 328 g/mol. The number of hydrogen-bond donors (Lipinski definition) is 0. The smallest absolute Gasteiger partial charge is 0.331 e. The van der Waals surface area contributed by atoms with Gasteiger partial charge < -0.3 is 9.47 Å². The molecule has 0 bridgehead atoms. The van der Waals surface area contributed by atoms with Crippen molar-refractivity contribution >= 4 is 18.0 Å². The molecule has 0 aliphatic rings. The minimum Gasteiger partial charge on any atom is -0.459 e. The second-order valence-corrected chi connectivity index (χ2v) is 6.60. The molecule has 0 aromatic heterocycles. The minimum atomic E-state index is -0.489. The van der Waals surface area contributed by atoms with Crippen molar-refractivity contribution in [3.63, 3.8) is 0 Å². The summed E-state index contributed by atoms with van der Waals surface area (Å²) in [5.74, 6) is -0.670. The Kier molecular flexibility index (Phi) is 11.1. The molecule has 0 amide bonds. The van der Waals surface area contributed by atoms with Crippen LogP contribution in [-0.4, -0.2) is 24.1 Å². The third-order valence-electron chi connectivity index (χ3n) is 4.23. The highest BCUT2D eigenvalue weighted by atomic mass is 16.6. The molecule has 0 aliphatic heterocycles. The van der Waals surface area contributed by atoms with Crippen LogP contribution in [0.1, 0.15) is 71.3 Å². The van der Waals surface area contributed by atoms with Gasteiger partial charge in [-0.3, -0.25) is 4.79 Å². The molecule has 0 heterocycles. The van der Waals surface area contributed by atoms with Gasteiger partial charge in [-0.05, 0) is 31.9 Å². The summed E-state index contributed by atoms with van der Waals surface area (Å²) in [6.07, 6.45) is 9.32. The Morgan fingerprint density at radius 1 is 0.923 bits per heavy atom. The van der Waals surface area contributed by atoms with Gasteiger partial charge in [0, 0.05) is 12.5 Å². The molecule has 0 fully saturated rings. The molecule has 26 heavy (non-hydrogen) atoms. The molecule has 144 valence electrons. The fraction of sp³-hybridized carbons (Fsp3) is 0.545. The van der Waals surface area contributed by atoms with E-state index >= 15 is 0 Å². The van der Waals surface area contributed by atoms with Crippen LogP contribution in [0, 0.1) is 0 Å². The van der Waals surface area contributed by atoms with E-state index in [1.807, 2.05) is 30.3 Å². The Balaban J connectivity index is 2.24. The van der Waals surface area contributed by atoms with Crippen LogP contribution in [0.25, 0.3) is 6.08 Å². The Morgan fingerprint density at radius 2 is 1.54 bits per heavy atom. The quantitative estimate of drug-likeness (QED) is 0.288. The fourth-order valence-corrected chi connectivity index (χ4v) is 2.46. The van der Waals surface area contributed by atoms with E-state index < -0.39 is 18.2 Å². The van der Waals surface area contributed by atoms with Crippen molar-refractivity contribution in [1.29, 1.82) is 0 Å². The number of carbonyl (C=O) groups is 2. The third-order valence-corrected chi connectivity index (χ3v) is 4.23. The average Bonchev–Trinajstić information content (AvgIpc) is 2.63. The summed E-state index contributed by atoms with van der Waals surface area (Å²) in [7, 11) is 0. The second-order valence-electron chi connectivity index (χ2n) is 6.60. The van der Waals surface area contributed by atoms with Crippen molar-refractivity contribution < 1.29 is 19.1 Å². The predicted molar refractivity (Wildman–Crippen MR) is 105 cm³/mol. The lowest BCUT2D eigenvalue weighted by Crippen LogP contribution is -2.30. The number of rotatable bonds is 12. The number of esters is 2. The molecule has 0 N–H and O–H groups in total. The monoisotopic (exact) mass is 360 g/mol. The van der Waals surface area contributed by atoms with Crippen molar-refractivity contribution in [1.82, 2.24) is 0 Å². The molecule has 1 rings (SSSR count). The number of unbranched alkanes of at least 4 members (excludes halogenated alkanes) is 5. The van der Waals surface area contributed by atoms with Crippen molar-refractivity contribution in [3.05, 3.63) is 42.0 Å². The summed E-state index contributed by atoms with van der Waals surface area (Å²) in [5, 5.41) is 0. The highest BCUT2D eigenvalue weighted by molar-refractivity contribution is 5.87. The molecule has 0 saturated carbocycles. The zero-order valence-electron chi connectivity index (χ0n) is 16.3. The Hall–Kier alpha value is -2.10. The molecule has 2 unspecified atom stereocenters. The predicted octanol–water partition coefficient (Wildman–Crippen LogP) is 5.31. The SMILES string of the molecule is CCCCCCCCC(=O)OC(C)C(C)OC(=O)/C=C/c1ccccc1. The summed E-state index contributed by atoms with van der Waals surface area (Å²) in [6, 6.07) is 9.52. The highest BCUT2D eigenvalue weighted by Crippen LogP contribution is 2.10. The van der Waals surface area contributed by atoms with E-state index in [1.165, 1.54) is 31.8 Å². The fourth-order valence-electron chi connectivity index (χ4n) is 2.46. The summed E-state index contributed by atoms with van der Waals surface area (Å²) >= 11 is 0. The molecule has 0 aliphatic carbocycles. The van der Waals surface area contributed by atoms with Crippen LogP contribution >= 0.6 is 0 Å². The van der Waals surface area contributed by atoms with Crippen LogP contribution in [-0.2, 0) is 19.1 Å². The molecule has 4 heteroatoms. The maximum absolute atomic E-state index is 11.9. The van der Waals surface area contributed by atoms with Crippen molar-refractivity contribution in [2.24, 2.45) is 0 Å². The molecule has 4 nitrogen and oxygen atoms in total. The van der Waals surface area contributed by atoms with Crippen LogP contribution in [0.15, 0.2) is 36.4 Å². The van der Waals surface area contributed by atoms with E-state index in [0.717, 1.165) is 18.4 Å². The lowest BCUT2D eigenvalue weighted by molar-refractivity contribution is -0.162. The van der Waals surface area contributed by atoms with Gasteiger partial charge in [0.25, 0.3) is 0 Å². The van der Waals surface area contributed by atoms with Gasteiger partial charge in [0.1, 0.15) is 12.2 Å². The Labute approximate surface area is 157 Å². The maximum atomic E-state index is 11.9. The van der Waals surface area contributed by atoms with Gasteiger partial charge in [0.15, 0.2) is 0 Å². The zero-order valence-corrected chi connectivity index (χ0v) is 16.3. The molecule has 1 aromatic carbocycles. The number of carbonyl (C=O) groups excluding carboxylic acids is 2. The summed E-state index contributed by atoms with van der Waals surface area (Å²) in [4.78, 5) is 23.7. The standard InChI is InChI=1S/C22H32O4/c1-4-5-6-7-8-12-15-21(23)25-18(2)19(3)26-22(24)17-16-20-13-10-9-11-14-20/h9-11,13-14,16-19H,4-8,12,15H2,1-3H3/b17-16+. The van der Waals surface area contributed by atoms with Crippen molar-refractivity contribution in [2.75, 3.05) is 0 Å². The Morgan fingerprint density at radius 3 is 2.23 bits per heavy atom. The lowest BCUT2D eigenvalue weighted by atomic mass is 10.1. The molecule has 0 saturated heterocycles. The van der Waals surface area contributed by atoms with Crippen LogP contribution in [0.5, 0.6) is 0 Å². The average molecular weight is 360 g/mol. The van der Waals surface area contributed by atoms with Gasteiger partial charge in [0.05, 0.1) is 0 Å². The maximum Gasteiger partial charge on any atom is 0.331 e. The number of hydrogen-bond acceptors (Lipinski definition) is 4. The molecule has 0 spiro atoms. The lowest BCUT2D eigenvalue weighted by Gasteiger charge is -2.20. The summed E-state index contributed by atoms with van der Waals surface area (Å²) < 4.78 is 10.7. The first kappa shape index (κ1) is 21.9. The van der Waals surface area contributed by atoms with Crippen molar-refractivity contribution in [3.8, 4) is 0 Å². The van der Waals surface area contributed by atoms with Gasteiger partial charge in [-0.2, -0.15) is 0 Å². The first-order valence-corrected chi connectivity index (χ1v) is 9.66. The van der Waals surface area contributed by atoms with Crippen LogP contribution < -0.4 is 0 Å². The van der Waals surface area contributed by atoms with Crippen LogP contribution in [0.3, 0.4) is 0 Å². The second kappa shape index (κ2) is 13.2. The Bertz CT molecular complexity index is 551. The van der Waals surface area contributed by atoms with Gasteiger partial charge in [0.2, 0.25) is 0 Å². The van der Waals surface area contributed by atoms with E-state index in [0.29, 0.717) is 6.42 Å². The van der Waals surface area contributed by atoms with Gasteiger partial charge in [-0.25, -0.2) is 4.79 Å². The molecule has 2 atom stereocenters. The van der Waals surface area contributed by atoms with E-state index in [4.69, 9.17) is 9.47 Å². The van der Waals surface area contributed by atoms with E-state index in [1.54, 1.807) is 19.9 Å². The normalized spacial score (nSPS) is 13.3. The van der Waals surface area contributed by atoms with E-state index in [2.05, 4.69) is 6.92 Å². The number of ether oxygens (including phenoxy) is 2. The summed E-state index contributed by atoms with van der Waals surface area (Å²) in [6.45, 7) is 5.67. The molecular formula is C22H32O4. The van der Waals surface area contributed by atoms with Gasteiger partial charge in [-0.1, -0.05) is 69.4 Å². The number of benzene rings is 1. The van der Waals surface area contributed by atoms with E-state index in [9.17, 15) is 9.59 Å². The highest BCUT2D eigenvalue weighted by Gasteiger charge is 2.19. The topological polar surface area (TPSA) is 52.6 Å². The minimum absolute atomic E-state index is 0.226. The first-order chi connectivity index (χ1) is 12.5. The van der Waals surface area contributed by atoms with Crippen LogP contribution in [0.2, 0.25) is 0 Å². The molecule has 1 aromatic rings. The zero-order chi connectivity index (χ0) is 19.2. The largest absolute Gasteiger partial charge is 0.459 e. The summed E-state index contributed by atoms with van der Waals surface area (Å²) in [5.41, 5.74) is 0.926.